The van der Waals surface area contributed by atoms with E-state index in [0.717, 1.165) is 24.8 Å². The highest BCUT2D eigenvalue weighted by Crippen LogP contribution is 2.46. The molecule has 0 aromatic carbocycles. The van der Waals surface area contributed by atoms with Gasteiger partial charge in [-0.25, -0.2) is 0 Å². The van der Waals surface area contributed by atoms with E-state index < -0.39 is 5.60 Å². The number of rotatable bonds is 6. The Morgan fingerprint density at radius 2 is 1.75 bits per heavy atom. The van der Waals surface area contributed by atoms with Gasteiger partial charge in [0.05, 0.1) is 19.3 Å². The third kappa shape index (κ3) is 3.09. The summed E-state index contributed by atoms with van der Waals surface area (Å²) in [7, 11) is 1.43. The van der Waals surface area contributed by atoms with Gasteiger partial charge in [0.25, 0.3) is 5.78 Å². The second-order valence-electron chi connectivity index (χ2n) is 6.81. The zero-order valence-corrected chi connectivity index (χ0v) is 15.4. The number of carbonyl (C=O) groups excluding carboxylic acids is 1. The van der Waals surface area contributed by atoms with Gasteiger partial charge in [-0.1, -0.05) is 6.08 Å². The first-order valence-corrected chi connectivity index (χ1v) is 8.53. The van der Waals surface area contributed by atoms with Crippen LogP contribution >= 0.6 is 0 Å². The second kappa shape index (κ2) is 7.01. The predicted molar refractivity (Wildman–Crippen MR) is 91.1 cm³/mol. The largest absolute Gasteiger partial charge is 0.492 e. The lowest BCUT2D eigenvalue weighted by atomic mass is 9.78. The SMILES string of the molecule is COC1=C(C)C(O)(C2=CCCC2)C(OC(C)C)=C(OC(C)C)C1=O. The summed E-state index contributed by atoms with van der Waals surface area (Å²) in [4.78, 5) is 12.8. The molecule has 0 aliphatic heterocycles. The van der Waals surface area contributed by atoms with Crippen molar-refractivity contribution in [3.8, 4) is 0 Å². The monoisotopic (exact) mass is 336 g/mol. The third-order valence-electron chi connectivity index (χ3n) is 4.25. The Morgan fingerprint density at radius 3 is 2.21 bits per heavy atom. The summed E-state index contributed by atoms with van der Waals surface area (Å²) >= 11 is 0. The van der Waals surface area contributed by atoms with Gasteiger partial charge in [0.15, 0.2) is 17.1 Å². The number of Topliss-reactive ketones (excluding diaryl/α,β-unsaturated/α-hetero) is 1. The van der Waals surface area contributed by atoms with Crippen molar-refractivity contribution in [2.24, 2.45) is 0 Å². The van der Waals surface area contributed by atoms with Gasteiger partial charge in [-0.05, 0) is 59.5 Å². The van der Waals surface area contributed by atoms with Crippen LogP contribution in [0.4, 0.5) is 0 Å². The van der Waals surface area contributed by atoms with Crippen LogP contribution in [-0.2, 0) is 19.0 Å². The lowest BCUT2D eigenvalue weighted by molar-refractivity contribution is -0.122. The van der Waals surface area contributed by atoms with Crippen LogP contribution in [0, 0.1) is 0 Å². The molecule has 0 fully saturated rings. The number of aliphatic hydroxyl groups is 1. The Hall–Kier alpha value is -1.75. The van der Waals surface area contributed by atoms with Crippen molar-refractivity contribution < 1.29 is 24.1 Å². The number of hydrogen-bond donors (Lipinski definition) is 1. The van der Waals surface area contributed by atoms with Crippen LogP contribution in [0.2, 0.25) is 0 Å². The maximum Gasteiger partial charge on any atom is 0.265 e. The molecular formula is C19H28O5. The van der Waals surface area contributed by atoms with Crippen LogP contribution in [0.5, 0.6) is 0 Å². The number of ketones is 1. The molecule has 0 heterocycles. The molecule has 1 N–H and O–H groups in total. The fourth-order valence-corrected chi connectivity index (χ4v) is 3.22. The van der Waals surface area contributed by atoms with E-state index in [1.165, 1.54) is 7.11 Å². The maximum absolute atomic E-state index is 12.8. The molecule has 0 aromatic rings. The van der Waals surface area contributed by atoms with Crippen LogP contribution in [0.3, 0.4) is 0 Å². The van der Waals surface area contributed by atoms with Gasteiger partial charge in [-0.15, -0.1) is 0 Å². The Kier molecular flexibility index (Phi) is 5.43. The zero-order valence-electron chi connectivity index (χ0n) is 15.4. The van der Waals surface area contributed by atoms with Crippen LogP contribution in [-0.4, -0.2) is 35.8 Å². The average molecular weight is 336 g/mol. The number of ether oxygens (including phenoxy) is 3. The quantitative estimate of drug-likeness (QED) is 0.753. The highest BCUT2D eigenvalue weighted by Gasteiger charge is 2.51. The molecule has 0 aromatic heterocycles. The molecule has 0 amide bonds. The van der Waals surface area contributed by atoms with Crippen LogP contribution in [0.15, 0.2) is 34.5 Å². The minimum atomic E-state index is -1.50. The topological polar surface area (TPSA) is 65.0 Å². The van der Waals surface area contributed by atoms with Crippen molar-refractivity contribution in [2.45, 2.75) is 71.7 Å². The first kappa shape index (κ1) is 18.6. The van der Waals surface area contributed by atoms with Gasteiger partial charge < -0.3 is 19.3 Å². The Morgan fingerprint density at radius 1 is 1.12 bits per heavy atom. The van der Waals surface area contributed by atoms with Crippen LogP contribution in [0.1, 0.15) is 53.9 Å². The Balaban J connectivity index is 2.70. The van der Waals surface area contributed by atoms with Crippen molar-refractivity contribution in [1.82, 2.24) is 0 Å². The summed E-state index contributed by atoms with van der Waals surface area (Å²) in [6.07, 6.45) is 4.20. The summed E-state index contributed by atoms with van der Waals surface area (Å²) in [5.41, 5.74) is -0.206. The third-order valence-corrected chi connectivity index (χ3v) is 4.25. The van der Waals surface area contributed by atoms with Crippen LogP contribution in [0.25, 0.3) is 0 Å². The molecule has 2 aliphatic carbocycles. The maximum atomic E-state index is 12.8. The predicted octanol–water partition coefficient (Wildman–Crippen LogP) is 3.39. The van der Waals surface area contributed by atoms with Gasteiger partial charge in [-0.2, -0.15) is 0 Å². The standard InChI is InChI=1S/C19H28O5/c1-11(2)23-17-15(20)16(22-6)13(5)19(21,14-9-7-8-10-14)18(17)24-12(3)4/h9,11-12,21H,7-8,10H2,1-6H3. The van der Waals surface area contributed by atoms with Gasteiger partial charge in [0.2, 0.25) is 5.76 Å². The number of methoxy groups -OCH3 is 1. The smallest absolute Gasteiger partial charge is 0.265 e. The fourth-order valence-electron chi connectivity index (χ4n) is 3.22. The molecular weight excluding hydrogens is 308 g/mol. The summed E-state index contributed by atoms with van der Waals surface area (Å²) < 4.78 is 17.0. The van der Waals surface area contributed by atoms with Gasteiger partial charge in [0.1, 0.15) is 0 Å². The number of carbonyl (C=O) groups is 1. The molecule has 2 rings (SSSR count). The Bertz CT molecular complexity index is 609. The minimum absolute atomic E-state index is 0.0384. The number of hydrogen-bond acceptors (Lipinski definition) is 5. The van der Waals surface area contributed by atoms with E-state index >= 15 is 0 Å². The minimum Gasteiger partial charge on any atom is -0.492 e. The van der Waals surface area contributed by atoms with Crippen molar-refractivity contribution in [3.63, 3.8) is 0 Å². The molecule has 1 atom stereocenters. The summed E-state index contributed by atoms with van der Waals surface area (Å²) in [6.45, 7) is 9.10. The molecule has 2 aliphatic rings. The highest BCUT2D eigenvalue weighted by molar-refractivity contribution is 6.08. The van der Waals surface area contributed by atoms with E-state index in [0.29, 0.717) is 5.57 Å². The van der Waals surface area contributed by atoms with E-state index in [-0.39, 0.29) is 35.3 Å². The van der Waals surface area contributed by atoms with Gasteiger partial charge in [0, 0.05) is 5.57 Å². The summed E-state index contributed by atoms with van der Waals surface area (Å²) in [6, 6.07) is 0. The van der Waals surface area contributed by atoms with E-state index in [1.807, 2.05) is 33.8 Å². The summed E-state index contributed by atoms with van der Waals surface area (Å²) in [5.74, 6) is -0.0428. The molecule has 0 saturated heterocycles. The van der Waals surface area contributed by atoms with Gasteiger partial charge in [-0.3, -0.25) is 4.79 Å². The van der Waals surface area contributed by atoms with E-state index in [1.54, 1.807) is 6.92 Å². The second-order valence-corrected chi connectivity index (χ2v) is 6.81. The molecule has 5 nitrogen and oxygen atoms in total. The number of allylic oxidation sites excluding steroid dienone is 1. The molecule has 134 valence electrons. The molecule has 0 saturated carbocycles. The normalized spacial score (nSPS) is 24.9. The molecule has 24 heavy (non-hydrogen) atoms. The van der Waals surface area contributed by atoms with Crippen molar-refractivity contribution in [1.29, 1.82) is 0 Å². The molecule has 1 unspecified atom stereocenters. The molecule has 0 bridgehead atoms. The van der Waals surface area contributed by atoms with E-state index in [4.69, 9.17) is 14.2 Å². The van der Waals surface area contributed by atoms with Crippen molar-refractivity contribution >= 4 is 5.78 Å². The average Bonchev–Trinajstić information content (AvgIpc) is 3.03. The van der Waals surface area contributed by atoms with Crippen LogP contribution < -0.4 is 0 Å². The van der Waals surface area contributed by atoms with Crippen molar-refractivity contribution in [3.05, 3.63) is 34.5 Å². The highest BCUT2D eigenvalue weighted by atomic mass is 16.5. The zero-order chi connectivity index (χ0) is 18.1. The van der Waals surface area contributed by atoms with Crippen molar-refractivity contribution in [2.75, 3.05) is 7.11 Å². The summed E-state index contributed by atoms with van der Waals surface area (Å²) in [5, 5.41) is 11.6. The first-order chi connectivity index (χ1) is 11.2. The first-order valence-electron chi connectivity index (χ1n) is 8.53. The lowest BCUT2D eigenvalue weighted by Crippen LogP contribution is -2.44. The van der Waals surface area contributed by atoms with Gasteiger partial charge >= 0.3 is 0 Å². The molecule has 0 spiro atoms. The molecule has 0 radical (unpaired) electrons. The van der Waals surface area contributed by atoms with E-state index in [2.05, 4.69) is 0 Å². The fraction of sp³-hybridized carbons (Fsp3) is 0.632. The molecule has 5 heteroatoms. The lowest BCUT2D eigenvalue weighted by Gasteiger charge is -2.38. The Labute approximate surface area is 144 Å². The van der Waals surface area contributed by atoms with E-state index in [9.17, 15) is 9.90 Å².